The van der Waals surface area contributed by atoms with Gasteiger partial charge in [0.05, 0.1) is 0 Å². The van der Waals surface area contributed by atoms with E-state index in [0.29, 0.717) is 22.5 Å². The third kappa shape index (κ3) is 4.18. The van der Waals surface area contributed by atoms with Crippen LogP contribution in [0, 0.1) is 6.92 Å². The molecule has 2 rings (SSSR count). The minimum Gasteiger partial charge on any atom is -0.295 e. The van der Waals surface area contributed by atoms with E-state index in [1.54, 1.807) is 36.0 Å². The lowest BCUT2D eigenvalue weighted by atomic mass is 10.0. The van der Waals surface area contributed by atoms with Crippen molar-refractivity contribution in [3.8, 4) is 0 Å². The Morgan fingerprint density at radius 1 is 0.955 bits per heavy atom. The van der Waals surface area contributed by atoms with E-state index in [-0.39, 0.29) is 11.6 Å². The molecular formula is C19H18O2S. The molecule has 0 aromatic heterocycles. The lowest BCUT2D eigenvalue weighted by molar-refractivity contribution is 0.101. The fraction of sp³-hybridized carbons (Fsp3) is 0.158. The highest BCUT2D eigenvalue weighted by molar-refractivity contribution is 7.99. The Kier molecular flexibility index (Phi) is 5.34. The Labute approximate surface area is 135 Å². The van der Waals surface area contributed by atoms with Gasteiger partial charge in [0, 0.05) is 27.3 Å². The van der Waals surface area contributed by atoms with Crippen molar-refractivity contribution in [1.29, 1.82) is 0 Å². The van der Waals surface area contributed by atoms with Gasteiger partial charge < -0.3 is 0 Å². The van der Waals surface area contributed by atoms with Crippen LogP contribution in [-0.4, -0.2) is 17.3 Å². The number of benzene rings is 2. The van der Waals surface area contributed by atoms with Crippen molar-refractivity contribution >= 4 is 23.3 Å². The van der Waals surface area contributed by atoms with E-state index in [1.807, 2.05) is 31.2 Å². The van der Waals surface area contributed by atoms with Gasteiger partial charge in [-0.3, -0.25) is 9.59 Å². The van der Waals surface area contributed by atoms with Crippen LogP contribution in [0.1, 0.15) is 33.2 Å². The van der Waals surface area contributed by atoms with Gasteiger partial charge in [-0.2, -0.15) is 0 Å². The van der Waals surface area contributed by atoms with Gasteiger partial charge >= 0.3 is 0 Å². The zero-order valence-electron chi connectivity index (χ0n) is 12.8. The summed E-state index contributed by atoms with van der Waals surface area (Å²) >= 11 is 1.59. The molecule has 0 heterocycles. The highest BCUT2D eigenvalue weighted by atomic mass is 32.2. The molecule has 2 nitrogen and oxygen atoms in total. The number of aryl methyl sites for hydroxylation is 1. The van der Waals surface area contributed by atoms with Crippen LogP contribution >= 0.6 is 11.8 Å². The standard InChI is InChI=1S/C19H18O2S/c1-13-4-10-18(11-5-13)22-12-14(2)19(21)17-8-6-16(7-9-17)15(3)20/h4-11H,2,12H2,1,3H3. The summed E-state index contributed by atoms with van der Waals surface area (Å²) in [5, 5.41) is 0. The molecule has 3 heteroatoms. The summed E-state index contributed by atoms with van der Waals surface area (Å²) in [6, 6.07) is 14.9. The second-order valence-corrected chi connectivity index (χ2v) is 6.22. The molecule has 0 radical (unpaired) electrons. The molecule has 0 saturated heterocycles. The fourth-order valence-corrected chi connectivity index (χ4v) is 2.73. The van der Waals surface area contributed by atoms with E-state index < -0.39 is 0 Å². The molecule has 0 N–H and O–H groups in total. The van der Waals surface area contributed by atoms with Gasteiger partial charge in [0.2, 0.25) is 0 Å². The number of hydrogen-bond acceptors (Lipinski definition) is 3. The molecule has 0 aliphatic carbocycles. The lowest BCUT2D eigenvalue weighted by Gasteiger charge is -2.06. The van der Waals surface area contributed by atoms with Crippen molar-refractivity contribution in [1.82, 2.24) is 0 Å². The van der Waals surface area contributed by atoms with E-state index in [1.165, 1.54) is 12.5 Å². The SMILES string of the molecule is C=C(CSc1ccc(C)cc1)C(=O)c1ccc(C(C)=O)cc1. The summed E-state index contributed by atoms with van der Waals surface area (Å²) in [4.78, 5) is 24.7. The number of rotatable bonds is 6. The first kappa shape index (κ1) is 16.2. The van der Waals surface area contributed by atoms with Crippen molar-refractivity contribution in [3.05, 3.63) is 77.4 Å². The summed E-state index contributed by atoms with van der Waals surface area (Å²) in [6.07, 6.45) is 0. The monoisotopic (exact) mass is 310 g/mol. The fourth-order valence-electron chi connectivity index (χ4n) is 1.93. The predicted molar refractivity (Wildman–Crippen MR) is 91.8 cm³/mol. The van der Waals surface area contributed by atoms with E-state index in [2.05, 4.69) is 6.58 Å². The molecule has 22 heavy (non-hydrogen) atoms. The average molecular weight is 310 g/mol. The zero-order chi connectivity index (χ0) is 16.1. The van der Waals surface area contributed by atoms with Crippen LogP contribution in [0.5, 0.6) is 0 Å². The minimum absolute atomic E-state index is 0.00671. The van der Waals surface area contributed by atoms with Crippen molar-refractivity contribution in [3.63, 3.8) is 0 Å². The summed E-state index contributed by atoms with van der Waals surface area (Å²) in [5.74, 6) is 0.471. The maximum Gasteiger partial charge on any atom is 0.189 e. The first-order chi connectivity index (χ1) is 10.5. The molecule has 0 aliphatic rings. The van der Waals surface area contributed by atoms with Crippen molar-refractivity contribution in [2.24, 2.45) is 0 Å². The maximum absolute atomic E-state index is 12.3. The first-order valence-corrected chi connectivity index (χ1v) is 7.99. The van der Waals surface area contributed by atoms with Crippen LogP contribution in [0.3, 0.4) is 0 Å². The molecule has 0 atom stereocenters. The largest absolute Gasteiger partial charge is 0.295 e. The smallest absolute Gasteiger partial charge is 0.189 e. The van der Waals surface area contributed by atoms with Gasteiger partial charge in [-0.1, -0.05) is 48.5 Å². The number of carbonyl (C=O) groups is 2. The number of hydrogen-bond donors (Lipinski definition) is 0. The molecule has 0 aliphatic heterocycles. The van der Waals surface area contributed by atoms with Gasteiger partial charge in [0.1, 0.15) is 0 Å². The van der Waals surface area contributed by atoms with Crippen molar-refractivity contribution in [2.45, 2.75) is 18.7 Å². The van der Waals surface area contributed by atoms with E-state index in [9.17, 15) is 9.59 Å². The highest BCUT2D eigenvalue weighted by Gasteiger charge is 2.11. The van der Waals surface area contributed by atoms with E-state index in [0.717, 1.165) is 4.90 Å². The Bertz CT molecular complexity index is 697. The Morgan fingerprint density at radius 2 is 1.50 bits per heavy atom. The van der Waals surface area contributed by atoms with Crippen LogP contribution in [0.2, 0.25) is 0 Å². The third-order valence-electron chi connectivity index (χ3n) is 3.31. The van der Waals surface area contributed by atoms with Crippen molar-refractivity contribution < 1.29 is 9.59 Å². The second-order valence-electron chi connectivity index (χ2n) is 5.17. The number of thioether (sulfide) groups is 1. The first-order valence-electron chi connectivity index (χ1n) is 7.00. The van der Waals surface area contributed by atoms with Crippen LogP contribution in [0.15, 0.2) is 65.6 Å². The molecule has 0 saturated carbocycles. The molecule has 2 aromatic carbocycles. The van der Waals surface area contributed by atoms with Crippen LogP contribution in [-0.2, 0) is 0 Å². The quantitative estimate of drug-likeness (QED) is 0.439. The van der Waals surface area contributed by atoms with Crippen LogP contribution in [0.25, 0.3) is 0 Å². The highest BCUT2D eigenvalue weighted by Crippen LogP contribution is 2.22. The topological polar surface area (TPSA) is 34.1 Å². The number of carbonyl (C=O) groups excluding carboxylic acids is 2. The molecule has 0 amide bonds. The third-order valence-corrected chi connectivity index (χ3v) is 4.41. The number of ketones is 2. The number of Topliss-reactive ketones (excluding diaryl/α,β-unsaturated/α-hetero) is 2. The summed E-state index contributed by atoms with van der Waals surface area (Å²) in [7, 11) is 0. The minimum atomic E-state index is -0.0743. The van der Waals surface area contributed by atoms with E-state index >= 15 is 0 Å². The Morgan fingerprint density at radius 3 is 2.05 bits per heavy atom. The maximum atomic E-state index is 12.3. The molecule has 0 unspecified atom stereocenters. The second kappa shape index (κ2) is 7.23. The van der Waals surface area contributed by atoms with E-state index in [4.69, 9.17) is 0 Å². The molecular weight excluding hydrogens is 292 g/mol. The summed E-state index contributed by atoms with van der Waals surface area (Å²) < 4.78 is 0. The van der Waals surface area contributed by atoms with Gasteiger partial charge in [0.25, 0.3) is 0 Å². The van der Waals surface area contributed by atoms with Gasteiger partial charge in [-0.05, 0) is 26.0 Å². The normalized spacial score (nSPS) is 10.3. The molecule has 2 aromatic rings. The Hall–Kier alpha value is -2.13. The van der Waals surface area contributed by atoms with Crippen molar-refractivity contribution in [2.75, 3.05) is 5.75 Å². The lowest BCUT2D eigenvalue weighted by Crippen LogP contribution is -2.05. The molecule has 0 spiro atoms. The summed E-state index contributed by atoms with van der Waals surface area (Å²) in [6.45, 7) is 7.44. The van der Waals surface area contributed by atoms with Gasteiger partial charge in [0.15, 0.2) is 11.6 Å². The average Bonchev–Trinajstić information content (AvgIpc) is 2.53. The van der Waals surface area contributed by atoms with Gasteiger partial charge in [-0.15, -0.1) is 11.8 Å². The Balaban J connectivity index is 1.98. The molecule has 112 valence electrons. The summed E-state index contributed by atoms with van der Waals surface area (Å²) in [5.41, 5.74) is 2.95. The predicted octanol–water partition coefficient (Wildman–Crippen LogP) is 4.73. The zero-order valence-corrected chi connectivity index (χ0v) is 13.6. The van der Waals surface area contributed by atoms with Crippen LogP contribution in [0.4, 0.5) is 0 Å². The molecule has 0 fully saturated rings. The molecule has 0 bridgehead atoms. The van der Waals surface area contributed by atoms with Gasteiger partial charge in [-0.25, -0.2) is 0 Å². The van der Waals surface area contributed by atoms with Crippen LogP contribution < -0.4 is 0 Å².